The van der Waals surface area contributed by atoms with Gasteiger partial charge in [0.1, 0.15) is 5.65 Å². The molecule has 29 heavy (non-hydrogen) atoms. The highest BCUT2D eigenvalue weighted by Gasteiger charge is 2.61. The Labute approximate surface area is 168 Å². The molecule has 4 heterocycles. The third kappa shape index (κ3) is 2.35. The Morgan fingerprint density at radius 3 is 2.76 bits per heavy atom. The zero-order chi connectivity index (χ0) is 19.9. The number of fused-ring (bicyclic) bond motifs is 4. The van der Waals surface area contributed by atoms with Crippen molar-refractivity contribution < 1.29 is 18.1 Å². The number of aromatic amines is 1. The van der Waals surface area contributed by atoms with Crippen LogP contribution in [-0.2, 0) is 20.3 Å². The number of pyridine rings is 1. The van der Waals surface area contributed by atoms with Crippen molar-refractivity contribution in [3.05, 3.63) is 54.4 Å². The summed E-state index contributed by atoms with van der Waals surface area (Å²) < 4.78 is 33.5. The van der Waals surface area contributed by atoms with E-state index < -0.39 is 22.7 Å². The number of nitrogens with zero attached hydrogens (tertiary/aromatic N) is 2. The van der Waals surface area contributed by atoms with E-state index in [0.717, 1.165) is 34.9 Å². The molecule has 3 aliphatic rings. The van der Waals surface area contributed by atoms with Crippen molar-refractivity contribution in [2.24, 2.45) is 5.41 Å². The van der Waals surface area contributed by atoms with Crippen LogP contribution in [-0.4, -0.2) is 47.9 Å². The third-order valence-electron chi connectivity index (χ3n) is 6.80. The highest BCUT2D eigenvalue weighted by Crippen LogP contribution is 2.58. The predicted octanol–water partition coefficient (Wildman–Crippen LogP) is 1.35. The highest BCUT2D eigenvalue weighted by atomic mass is 32.2. The van der Waals surface area contributed by atoms with Gasteiger partial charge in [0, 0.05) is 41.7 Å². The van der Waals surface area contributed by atoms with Gasteiger partial charge in [0.05, 0.1) is 10.5 Å². The van der Waals surface area contributed by atoms with Crippen LogP contribution in [0.4, 0.5) is 0 Å². The van der Waals surface area contributed by atoms with Gasteiger partial charge in [0.2, 0.25) is 10.0 Å². The normalized spacial score (nSPS) is 25.8. The largest absolute Gasteiger partial charge is 0.493 e. The molecule has 2 aromatic heterocycles. The van der Waals surface area contributed by atoms with Gasteiger partial charge in [-0.3, -0.25) is 0 Å². The average molecular weight is 409 g/mol. The van der Waals surface area contributed by atoms with Gasteiger partial charge in [-0.25, -0.2) is 13.4 Å². The summed E-state index contributed by atoms with van der Waals surface area (Å²) in [6.45, 7) is 0.976. The fraction of sp³-hybridized carbons (Fsp3) is 0.350. The summed E-state index contributed by atoms with van der Waals surface area (Å²) in [5, 5.41) is 11.5. The molecule has 1 saturated carbocycles. The number of sulfonamides is 1. The molecule has 2 spiro atoms. The van der Waals surface area contributed by atoms with E-state index >= 15 is 0 Å². The summed E-state index contributed by atoms with van der Waals surface area (Å²) in [4.78, 5) is 7.85. The molecule has 1 saturated heterocycles. The van der Waals surface area contributed by atoms with E-state index in [1.54, 1.807) is 34.8 Å². The van der Waals surface area contributed by atoms with Crippen molar-refractivity contribution in [1.29, 1.82) is 0 Å². The number of nitrogens with one attached hydrogen (secondary N) is 1. The maximum atomic E-state index is 12.9. The van der Waals surface area contributed by atoms with Gasteiger partial charge >= 0.3 is 7.12 Å². The Balaban J connectivity index is 1.31. The molecule has 1 aliphatic carbocycles. The van der Waals surface area contributed by atoms with Crippen LogP contribution in [0.3, 0.4) is 0 Å². The van der Waals surface area contributed by atoms with Crippen LogP contribution in [0.1, 0.15) is 24.8 Å². The van der Waals surface area contributed by atoms with Crippen molar-refractivity contribution in [1.82, 2.24) is 14.3 Å². The molecular weight excluding hydrogens is 389 g/mol. The fourth-order valence-electron chi connectivity index (χ4n) is 5.50. The second-order valence-electron chi connectivity index (χ2n) is 8.56. The maximum absolute atomic E-state index is 12.9. The molecule has 6 rings (SSSR count). The van der Waals surface area contributed by atoms with E-state index in [1.165, 1.54) is 0 Å². The SMILES string of the molecule is O=S(=O)(c1ccccc1)N1CC2(CCC3(C2)OB(O)c2cnc4[nH]ccc4c23)C1. The Morgan fingerprint density at radius 2 is 1.97 bits per heavy atom. The highest BCUT2D eigenvalue weighted by molar-refractivity contribution is 7.89. The molecular formula is C20H20BN3O4S. The summed E-state index contributed by atoms with van der Waals surface area (Å²) in [6, 6.07) is 10.6. The topological polar surface area (TPSA) is 95.5 Å². The molecule has 0 amide bonds. The number of hydrogen-bond acceptors (Lipinski definition) is 5. The molecule has 2 N–H and O–H groups in total. The molecule has 7 nitrogen and oxygen atoms in total. The summed E-state index contributed by atoms with van der Waals surface area (Å²) in [5.74, 6) is 0. The van der Waals surface area contributed by atoms with E-state index in [0.29, 0.717) is 24.4 Å². The molecule has 0 bridgehead atoms. The Kier molecular flexibility index (Phi) is 3.46. The van der Waals surface area contributed by atoms with Gasteiger partial charge in [-0.15, -0.1) is 0 Å². The second-order valence-corrected chi connectivity index (χ2v) is 10.5. The molecule has 1 atom stereocenters. The van der Waals surface area contributed by atoms with Gasteiger partial charge in [-0.05, 0) is 43.0 Å². The van der Waals surface area contributed by atoms with Crippen LogP contribution in [0.5, 0.6) is 0 Å². The summed E-state index contributed by atoms with van der Waals surface area (Å²) >= 11 is 0. The lowest BCUT2D eigenvalue weighted by molar-refractivity contribution is 0.0169. The van der Waals surface area contributed by atoms with Crippen molar-refractivity contribution >= 4 is 33.6 Å². The first kappa shape index (κ1) is 17.6. The minimum absolute atomic E-state index is 0.116. The van der Waals surface area contributed by atoms with Crippen molar-refractivity contribution in [3.63, 3.8) is 0 Å². The quantitative estimate of drug-likeness (QED) is 0.623. The standard InChI is InChI=1S/C20H20BN3O4S/c25-21-16-10-23-18-15(6-9-22-18)17(16)20(28-21)8-7-19(11-20)12-24(13-19)29(26,27)14-4-2-1-3-5-14/h1-6,9-10,25H,7-8,11-13H2,(H,22,23). The average Bonchev–Trinajstić information content (AvgIpc) is 3.38. The minimum atomic E-state index is -3.47. The zero-order valence-electron chi connectivity index (χ0n) is 15.7. The van der Waals surface area contributed by atoms with Gasteiger partial charge < -0.3 is 14.7 Å². The molecule has 2 fully saturated rings. The molecule has 9 heteroatoms. The van der Waals surface area contributed by atoms with Crippen LogP contribution >= 0.6 is 0 Å². The second kappa shape index (κ2) is 5.69. The van der Waals surface area contributed by atoms with E-state index in [4.69, 9.17) is 4.65 Å². The fourth-order valence-corrected chi connectivity index (χ4v) is 7.19. The van der Waals surface area contributed by atoms with Crippen LogP contribution in [0, 0.1) is 5.41 Å². The molecule has 1 aromatic carbocycles. The Hall–Kier alpha value is -2.20. The van der Waals surface area contributed by atoms with E-state index in [9.17, 15) is 13.4 Å². The van der Waals surface area contributed by atoms with Crippen LogP contribution < -0.4 is 5.46 Å². The first-order valence-electron chi connectivity index (χ1n) is 9.80. The smallest absolute Gasteiger partial charge is 0.423 e. The Morgan fingerprint density at radius 1 is 1.17 bits per heavy atom. The monoisotopic (exact) mass is 409 g/mol. The first-order chi connectivity index (χ1) is 13.9. The van der Waals surface area contributed by atoms with Crippen molar-refractivity contribution in [2.75, 3.05) is 13.1 Å². The van der Waals surface area contributed by atoms with Gasteiger partial charge in [0.15, 0.2) is 0 Å². The molecule has 0 radical (unpaired) electrons. The van der Waals surface area contributed by atoms with Gasteiger partial charge in [0.25, 0.3) is 0 Å². The summed E-state index contributed by atoms with van der Waals surface area (Å²) in [6.07, 6.45) is 5.87. The molecule has 1 unspecified atom stereocenters. The summed E-state index contributed by atoms with van der Waals surface area (Å²) in [5.41, 5.74) is 1.82. The number of rotatable bonds is 2. The van der Waals surface area contributed by atoms with E-state index in [2.05, 4.69) is 9.97 Å². The van der Waals surface area contributed by atoms with E-state index in [1.807, 2.05) is 18.3 Å². The number of H-pyrrole nitrogens is 1. The van der Waals surface area contributed by atoms with E-state index in [-0.39, 0.29) is 5.41 Å². The van der Waals surface area contributed by atoms with Crippen molar-refractivity contribution in [2.45, 2.75) is 29.8 Å². The lowest BCUT2D eigenvalue weighted by Crippen LogP contribution is -2.57. The zero-order valence-corrected chi connectivity index (χ0v) is 16.5. The van der Waals surface area contributed by atoms with Gasteiger partial charge in [-0.2, -0.15) is 4.31 Å². The minimum Gasteiger partial charge on any atom is -0.423 e. The van der Waals surface area contributed by atoms with Crippen molar-refractivity contribution in [3.8, 4) is 0 Å². The molecule has 2 aliphatic heterocycles. The molecule has 3 aromatic rings. The lowest BCUT2D eigenvalue weighted by atomic mass is 9.75. The number of aromatic nitrogens is 2. The van der Waals surface area contributed by atoms with Crippen LogP contribution in [0.25, 0.3) is 11.0 Å². The predicted molar refractivity (Wildman–Crippen MR) is 108 cm³/mol. The third-order valence-corrected chi connectivity index (χ3v) is 8.60. The Bertz CT molecular complexity index is 1220. The first-order valence-corrected chi connectivity index (χ1v) is 11.2. The van der Waals surface area contributed by atoms with Crippen LogP contribution in [0.15, 0.2) is 53.7 Å². The van der Waals surface area contributed by atoms with Crippen LogP contribution in [0.2, 0.25) is 0 Å². The summed E-state index contributed by atoms with van der Waals surface area (Å²) in [7, 11) is -4.46. The molecule has 148 valence electrons. The number of hydrogen-bond donors (Lipinski definition) is 2. The number of benzene rings is 1. The van der Waals surface area contributed by atoms with Gasteiger partial charge in [-0.1, -0.05) is 18.2 Å². The lowest BCUT2D eigenvalue weighted by Gasteiger charge is -2.48. The maximum Gasteiger partial charge on any atom is 0.493 e.